The van der Waals surface area contributed by atoms with Crippen LogP contribution in [0.4, 0.5) is 0 Å². The van der Waals surface area contributed by atoms with Crippen LogP contribution in [0.25, 0.3) is 0 Å². The number of unbranched alkanes of at least 4 members (excludes halogenated alkanes) is 1. The van der Waals surface area contributed by atoms with Gasteiger partial charge in [0.2, 0.25) is 0 Å². The monoisotopic (exact) mass is 202 g/mol. The van der Waals surface area contributed by atoms with E-state index in [0.29, 0.717) is 26.2 Å². The highest BCUT2D eigenvalue weighted by Crippen LogP contribution is 2.12. The van der Waals surface area contributed by atoms with Gasteiger partial charge in [-0.1, -0.05) is 0 Å². The number of esters is 1. The van der Waals surface area contributed by atoms with Gasteiger partial charge in [-0.05, 0) is 26.2 Å². The van der Waals surface area contributed by atoms with E-state index in [0.717, 1.165) is 19.3 Å². The summed E-state index contributed by atoms with van der Waals surface area (Å²) in [6.45, 7) is 3.68. The Bertz CT molecular complexity index is 164. The van der Waals surface area contributed by atoms with Gasteiger partial charge in [0, 0.05) is 6.42 Å². The second kappa shape index (κ2) is 6.79. The van der Waals surface area contributed by atoms with E-state index < -0.39 is 0 Å². The van der Waals surface area contributed by atoms with Crippen LogP contribution in [0.5, 0.6) is 0 Å². The Morgan fingerprint density at radius 1 is 1.36 bits per heavy atom. The zero-order chi connectivity index (χ0) is 10.2. The zero-order valence-corrected chi connectivity index (χ0v) is 8.66. The summed E-state index contributed by atoms with van der Waals surface area (Å²) in [4.78, 5) is 11.0. The fourth-order valence-corrected chi connectivity index (χ4v) is 1.39. The van der Waals surface area contributed by atoms with E-state index in [9.17, 15) is 4.79 Å². The van der Waals surface area contributed by atoms with Crippen LogP contribution in [0, 0.1) is 0 Å². The maximum atomic E-state index is 11.0. The van der Waals surface area contributed by atoms with Gasteiger partial charge in [-0.25, -0.2) is 0 Å². The standard InChI is InChI=1S/C10H18O4/c1-2-12-9(11)5-3-4-6-10-13-7-8-14-10/h10H,2-8H2,1H3. The molecule has 0 aromatic carbocycles. The van der Waals surface area contributed by atoms with Crippen molar-refractivity contribution >= 4 is 5.97 Å². The van der Waals surface area contributed by atoms with Crippen LogP contribution in [0.1, 0.15) is 32.6 Å². The lowest BCUT2D eigenvalue weighted by Crippen LogP contribution is -2.08. The highest BCUT2D eigenvalue weighted by Gasteiger charge is 2.15. The first-order valence-electron chi connectivity index (χ1n) is 5.21. The van der Waals surface area contributed by atoms with Crippen molar-refractivity contribution in [3.05, 3.63) is 0 Å². The SMILES string of the molecule is CCOC(=O)CCCCC1OCCO1. The minimum Gasteiger partial charge on any atom is -0.466 e. The fourth-order valence-electron chi connectivity index (χ4n) is 1.39. The van der Waals surface area contributed by atoms with Gasteiger partial charge in [-0.2, -0.15) is 0 Å². The Morgan fingerprint density at radius 2 is 2.07 bits per heavy atom. The molecule has 1 saturated heterocycles. The lowest BCUT2D eigenvalue weighted by atomic mass is 10.2. The van der Waals surface area contributed by atoms with Crippen molar-refractivity contribution in [2.45, 2.75) is 38.9 Å². The molecule has 0 saturated carbocycles. The third-order valence-corrected chi connectivity index (χ3v) is 2.07. The molecule has 1 fully saturated rings. The van der Waals surface area contributed by atoms with Crippen LogP contribution in [0.3, 0.4) is 0 Å². The molecule has 0 spiro atoms. The average molecular weight is 202 g/mol. The largest absolute Gasteiger partial charge is 0.466 e. The van der Waals surface area contributed by atoms with E-state index >= 15 is 0 Å². The molecule has 0 N–H and O–H groups in total. The Morgan fingerprint density at radius 3 is 2.71 bits per heavy atom. The zero-order valence-electron chi connectivity index (χ0n) is 8.66. The van der Waals surface area contributed by atoms with Crippen molar-refractivity contribution in [1.29, 1.82) is 0 Å². The lowest BCUT2D eigenvalue weighted by molar-refractivity contribution is -0.143. The molecule has 0 amide bonds. The summed E-state index contributed by atoms with van der Waals surface area (Å²) in [5, 5.41) is 0. The fraction of sp³-hybridized carbons (Fsp3) is 0.900. The Kier molecular flexibility index (Phi) is 5.56. The van der Waals surface area contributed by atoms with Gasteiger partial charge in [-0.3, -0.25) is 4.79 Å². The maximum Gasteiger partial charge on any atom is 0.305 e. The lowest BCUT2D eigenvalue weighted by Gasteiger charge is -2.07. The van der Waals surface area contributed by atoms with Crippen molar-refractivity contribution < 1.29 is 19.0 Å². The van der Waals surface area contributed by atoms with Crippen molar-refractivity contribution in [3.63, 3.8) is 0 Å². The molecule has 1 aliphatic rings. The molecule has 0 atom stereocenters. The van der Waals surface area contributed by atoms with Crippen LogP contribution in [0.2, 0.25) is 0 Å². The number of ether oxygens (including phenoxy) is 3. The molecule has 14 heavy (non-hydrogen) atoms. The van der Waals surface area contributed by atoms with Gasteiger partial charge in [0.15, 0.2) is 6.29 Å². The second-order valence-corrected chi connectivity index (χ2v) is 3.22. The summed E-state index contributed by atoms with van der Waals surface area (Å²) in [5.41, 5.74) is 0. The predicted molar refractivity (Wildman–Crippen MR) is 50.8 cm³/mol. The molecule has 0 aliphatic carbocycles. The smallest absolute Gasteiger partial charge is 0.305 e. The number of hydrogen-bond acceptors (Lipinski definition) is 4. The average Bonchev–Trinajstić information content (AvgIpc) is 2.65. The summed E-state index contributed by atoms with van der Waals surface area (Å²) in [7, 11) is 0. The maximum absolute atomic E-state index is 11.0. The predicted octanol–water partition coefficient (Wildman–Crippen LogP) is 1.48. The van der Waals surface area contributed by atoms with E-state index in [1.807, 2.05) is 6.92 Å². The summed E-state index contributed by atoms with van der Waals surface area (Å²) >= 11 is 0. The first kappa shape index (κ1) is 11.5. The molecule has 0 aromatic rings. The third-order valence-electron chi connectivity index (χ3n) is 2.07. The van der Waals surface area contributed by atoms with Crippen LogP contribution in [0.15, 0.2) is 0 Å². The molecule has 82 valence electrons. The van der Waals surface area contributed by atoms with Crippen molar-refractivity contribution in [2.75, 3.05) is 19.8 Å². The molecule has 1 rings (SSSR count). The van der Waals surface area contributed by atoms with E-state index in [4.69, 9.17) is 14.2 Å². The van der Waals surface area contributed by atoms with E-state index in [2.05, 4.69) is 0 Å². The van der Waals surface area contributed by atoms with Gasteiger partial charge >= 0.3 is 5.97 Å². The quantitative estimate of drug-likeness (QED) is 0.483. The summed E-state index contributed by atoms with van der Waals surface area (Å²) in [6, 6.07) is 0. The number of rotatable bonds is 6. The molecular weight excluding hydrogens is 184 g/mol. The first-order valence-corrected chi connectivity index (χ1v) is 5.21. The molecule has 0 aromatic heterocycles. The van der Waals surface area contributed by atoms with Gasteiger partial charge in [0.05, 0.1) is 19.8 Å². The van der Waals surface area contributed by atoms with Gasteiger partial charge < -0.3 is 14.2 Å². The minimum absolute atomic E-state index is 0.0443. The number of carbonyl (C=O) groups excluding carboxylic acids is 1. The normalized spacial score (nSPS) is 17.2. The van der Waals surface area contributed by atoms with Crippen molar-refractivity contribution in [3.8, 4) is 0 Å². The molecule has 4 heteroatoms. The first-order chi connectivity index (χ1) is 6.83. The Balaban J connectivity index is 1.90. The van der Waals surface area contributed by atoms with Gasteiger partial charge in [0.25, 0.3) is 0 Å². The molecule has 1 aliphatic heterocycles. The number of carbonyl (C=O) groups is 1. The van der Waals surface area contributed by atoms with Crippen LogP contribution in [-0.4, -0.2) is 32.1 Å². The summed E-state index contributed by atoms with van der Waals surface area (Å²) in [6.07, 6.45) is 3.13. The van der Waals surface area contributed by atoms with Gasteiger partial charge in [-0.15, -0.1) is 0 Å². The minimum atomic E-state index is -0.110. The van der Waals surface area contributed by atoms with Crippen molar-refractivity contribution in [1.82, 2.24) is 0 Å². The Labute approximate surface area is 84.5 Å². The van der Waals surface area contributed by atoms with Gasteiger partial charge in [0.1, 0.15) is 0 Å². The van der Waals surface area contributed by atoms with E-state index in [1.54, 1.807) is 0 Å². The highest BCUT2D eigenvalue weighted by atomic mass is 16.7. The van der Waals surface area contributed by atoms with Crippen LogP contribution >= 0.6 is 0 Å². The third kappa shape index (κ3) is 4.58. The molecule has 0 radical (unpaired) electrons. The molecule has 0 unspecified atom stereocenters. The van der Waals surface area contributed by atoms with Crippen molar-refractivity contribution in [2.24, 2.45) is 0 Å². The summed E-state index contributed by atoms with van der Waals surface area (Å²) in [5.74, 6) is -0.110. The highest BCUT2D eigenvalue weighted by molar-refractivity contribution is 5.69. The van der Waals surface area contributed by atoms with Crippen LogP contribution in [-0.2, 0) is 19.0 Å². The second-order valence-electron chi connectivity index (χ2n) is 3.22. The molecular formula is C10H18O4. The van der Waals surface area contributed by atoms with Crippen LogP contribution < -0.4 is 0 Å². The molecule has 1 heterocycles. The topological polar surface area (TPSA) is 44.8 Å². The Hall–Kier alpha value is -0.610. The van der Waals surface area contributed by atoms with E-state index in [-0.39, 0.29) is 12.3 Å². The molecule has 4 nitrogen and oxygen atoms in total. The number of hydrogen-bond donors (Lipinski definition) is 0. The van der Waals surface area contributed by atoms with E-state index in [1.165, 1.54) is 0 Å². The molecule has 0 bridgehead atoms. The summed E-state index contributed by atoms with van der Waals surface area (Å²) < 4.78 is 15.4.